The Hall–Kier alpha value is -3.38. The second kappa shape index (κ2) is 8.32. The molecule has 146 valence electrons. The summed E-state index contributed by atoms with van der Waals surface area (Å²) in [4.78, 5) is 25.5. The number of fused-ring (bicyclic) bond motifs is 1. The van der Waals surface area contributed by atoms with Crippen LogP contribution in [-0.2, 0) is 11.2 Å². The molecule has 1 amide bonds. The largest absolute Gasteiger partial charge is 0.484 e. The molecule has 5 nitrogen and oxygen atoms in total. The van der Waals surface area contributed by atoms with Gasteiger partial charge in [-0.25, -0.2) is 0 Å². The molecule has 1 aliphatic rings. The van der Waals surface area contributed by atoms with Crippen LogP contribution >= 0.6 is 11.3 Å². The van der Waals surface area contributed by atoms with Crippen molar-refractivity contribution in [3.05, 3.63) is 81.7 Å². The fourth-order valence-electron chi connectivity index (χ4n) is 2.93. The molecule has 0 radical (unpaired) electrons. The first-order valence-electron chi connectivity index (χ1n) is 9.26. The number of nitrogens with one attached hydrogen (secondary N) is 1. The van der Waals surface area contributed by atoms with Gasteiger partial charge in [-0.05, 0) is 47.7 Å². The van der Waals surface area contributed by atoms with E-state index in [-0.39, 0.29) is 24.1 Å². The van der Waals surface area contributed by atoms with Crippen molar-refractivity contribution in [3.63, 3.8) is 0 Å². The summed E-state index contributed by atoms with van der Waals surface area (Å²) in [5.41, 5.74) is 2.42. The van der Waals surface area contributed by atoms with E-state index >= 15 is 0 Å². The van der Waals surface area contributed by atoms with Gasteiger partial charge in [0.25, 0.3) is 5.91 Å². The summed E-state index contributed by atoms with van der Waals surface area (Å²) in [7, 11) is 0. The highest BCUT2D eigenvalue weighted by Gasteiger charge is 2.27. The molecule has 0 atom stereocenters. The van der Waals surface area contributed by atoms with Crippen molar-refractivity contribution in [2.24, 2.45) is 0 Å². The van der Waals surface area contributed by atoms with Crippen LogP contribution in [0.3, 0.4) is 0 Å². The number of Topliss-reactive ketones (excluding diaryl/α,β-unsaturated/α-hetero) is 1. The summed E-state index contributed by atoms with van der Waals surface area (Å²) in [6.07, 6.45) is 2.68. The predicted molar refractivity (Wildman–Crippen MR) is 114 cm³/mol. The summed E-state index contributed by atoms with van der Waals surface area (Å²) >= 11 is 1.53. The molecule has 1 N–H and O–H groups in total. The zero-order valence-corrected chi connectivity index (χ0v) is 16.6. The Kier molecular flexibility index (Phi) is 5.44. The lowest BCUT2D eigenvalue weighted by Crippen LogP contribution is -2.20. The Labute approximate surface area is 172 Å². The van der Waals surface area contributed by atoms with Gasteiger partial charge < -0.3 is 14.8 Å². The molecule has 1 aromatic heterocycles. The molecule has 0 unspecified atom stereocenters. The fourth-order valence-corrected chi connectivity index (χ4v) is 3.58. The number of thiophene rings is 1. The minimum Gasteiger partial charge on any atom is -0.484 e. The van der Waals surface area contributed by atoms with Gasteiger partial charge in [-0.1, -0.05) is 25.1 Å². The number of aryl methyl sites for hydroxylation is 1. The average Bonchev–Trinajstić information content (AvgIpc) is 3.35. The lowest BCUT2D eigenvalue weighted by atomic mass is 10.1. The number of carbonyl (C=O) groups excluding carboxylic acids is 2. The van der Waals surface area contributed by atoms with Crippen molar-refractivity contribution in [2.75, 3.05) is 11.9 Å². The third-order valence-electron chi connectivity index (χ3n) is 4.47. The molecule has 3 aromatic rings. The molecule has 1 aliphatic heterocycles. The highest BCUT2D eigenvalue weighted by molar-refractivity contribution is 7.10. The van der Waals surface area contributed by atoms with Gasteiger partial charge in [0.15, 0.2) is 12.4 Å². The Balaban J connectivity index is 1.38. The molecule has 0 aliphatic carbocycles. The van der Waals surface area contributed by atoms with Gasteiger partial charge in [-0.2, -0.15) is 0 Å². The maximum Gasteiger partial charge on any atom is 0.262 e. The van der Waals surface area contributed by atoms with E-state index in [1.54, 1.807) is 24.3 Å². The number of hydrogen-bond acceptors (Lipinski definition) is 5. The predicted octanol–water partition coefficient (Wildman–Crippen LogP) is 4.94. The number of ether oxygens (including phenoxy) is 2. The molecule has 4 rings (SSSR count). The average molecular weight is 405 g/mol. The van der Waals surface area contributed by atoms with Crippen LogP contribution in [0.2, 0.25) is 0 Å². The molecular formula is C23H19NO4S. The molecule has 0 saturated heterocycles. The summed E-state index contributed by atoms with van der Waals surface area (Å²) in [5, 5.41) is 4.74. The molecule has 0 bridgehead atoms. The SMILES string of the molecule is CCc1ccc(NC(=O)COc2ccc3c(c2)OC(=Cc2cccs2)C3=O)cc1. The number of allylic oxidation sites excluding steroid dienone is 1. The number of amides is 1. The van der Waals surface area contributed by atoms with Crippen LogP contribution in [0.25, 0.3) is 6.08 Å². The number of benzene rings is 2. The molecule has 2 heterocycles. The maximum absolute atomic E-state index is 12.5. The van der Waals surface area contributed by atoms with Crippen molar-refractivity contribution < 1.29 is 19.1 Å². The number of rotatable bonds is 6. The first-order valence-corrected chi connectivity index (χ1v) is 10.1. The zero-order chi connectivity index (χ0) is 20.2. The molecule has 29 heavy (non-hydrogen) atoms. The maximum atomic E-state index is 12.5. The summed E-state index contributed by atoms with van der Waals surface area (Å²) in [6, 6.07) is 16.5. The molecule has 0 fully saturated rings. The first kappa shape index (κ1) is 19.0. The van der Waals surface area contributed by atoms with Crippen LogP contribution in [0.15, 0.2) is 65.7 Å². The van der Waals surface area contributed by atoms with Gasteiger partial charge in [-0.15, -0.1) is 11.3 Å². The van der Waals surface area contributed by atoms with Gasteiger partial charge in [0.05, 0.1) is 5.56 Å². The molecule has 2 aromatic carbocycles. The van der Waals surface area contributed by atoms with E-state index in [1.807, 2.05) is 41.8 Å². The van der Waals surface area contributed by atoms with Crippen LogP contribution < -0.4 is 14.8 Å². The van der Waals surface area contributed by atoms with Crippen LogP contribution in [0.5, 0.6) is 11.5 Å². The Morgan fingerprint density at radius 2 is 2.00 bits per heavy atom. The van der Waals surface area contributed by atoms with E-state index in [0.29, 0.717) is 17.1 Å². The Bertz CT molecular complexity index is 1070. The van der Waals surface area contributed by atoms with Crippen LogP contribution in [0.4, 0.5) is 5.69 Å². The standard InChI is InChI=1S/C23H19NO4S/c1-2-15-5-7-16(8-6-15)24-22(25)14-27-17-9-10-19-20(12-17)28-21(23(19)26)13-18-4-3-11-29-18/h3-13H,2,14H2,1H3,(H,24,25). The molecule has 0 spiro atoms. The van der Waals surface area contributed by atoms with Crippen molar-refractivity contribution >= 4 is 34.8 Å². The third-order valence-corrected chi connectivity index (χ3v) is 5.29. The van der Waals surface area contributed by atoms with Crippen LogP contribution in [0.1, 0.15) is 27.7 Å². The number of ketones is 1. The van der Waals surface area contributed by atoms with Gasteiger partial charge in [-0.3, -0.25) is 9.59 Å². The van der Waals surface area contributed by atoms with Gasteiger partial charge >= 0.3 is 0 Å². The summed E-state index contributed by atoms with van der Waals surface area (Å²) in [6.45, 7) is 1.94. The summed E-state index contributed by atoms with van der Waals surface area (Å²) < 4.78 is 11.3. The van der Waals surface area contributed by atoms with Gasteiger partial charge in [0, 0.05) is 22.7 Å². The van der Waals surface area contributed by atoms with Crippen molar-refractivity contribution in [1.29, 1.82) is 0 Å². The van der Waals surface area contributed by atoms with Crippen LogP contribution in [0, 0.1) is 0 Å². The second-order valence-electron chi connectivity index (χ2n) is 6.50. The van der Waals surface area contributed by atoms with E-state index in [9.17, 15) is 9.59 Å². The number of hydrogen-bond donors (Lipinski definition) is 1. The van der Waals surface area contributed by atoms with Crippen molar-refractivity contribution in [2.45, 2.75) is 13.3 Å². The third kappa shape index (κ3) is 4.38. The Morgan fingerprint density at radius 3 is 2.72 bits per heavy atom. The monoisotopic (exact) mass is 405 g/mol. The minimum absolute atomic E-state index is 0.139. The topological polar surface area (TPSA) is 64.6 Å². The summed E-state index contributed by atoms with van der Waals surface area (Å²) in [5.74, 6) is 0.766. The van der Waals surface area contributed by atoms with E-state index in [2.05, 4.69) is 12.2 Å². The highest BCUT2D eigenvalue weighted by atomic mass is 32.1. The highest BCUT2D eigenvalue weighted by Crippen LogP contribution is 2.35. The van der Waals surface area contributed by atoms with E-state index < -0.39 is 0 Å². The van der Waals surface area contributed by atoms with Gasteiger partial charge in [0.1, 0.15) is 11.5 Å². The zero-order valence-electron chi connectivity index (χ0n) is 15.8. The first-order chi connectivity index (χ1) is 14.1. The molecule has 6 heteroatoms. The quantitative estimate of drug-likeness (QED) is 0.590. The number of anilines is 1. The second-order valence-corrected chi connectivity index (χ2v) is 7.48. The lowest BCUT2D eigenvalue weighted by Gasteiger charge is -2.08. The molecule has 0 saturated carbocycles. The van der Waals surface area contributed by atoms with Crippen LogP contribution in [-0.4, -0.2) is 18.3 Å². The van der Waals surface area contributed by atoms with E-state index in [4.69, 9.17) is 9.47 Å². The normalized spacial score (nSPS) is 13.8. The van der Waals surface area contributed by atoms with E-state index in [0.717, 1.165) is 17.0 Å². The molecular weight excluding hydrogens is 386 g/mol. The minimum atomic E-state index is -0.259. The van der Waals surface area contributed by atoms with Crippen molar-refractivity contribution in [1.82, 2.24) is 0 Å². The Morgan fingerprint density at radius 1 is 1.17 bits per heavy atom. The fraction of sp³-hybridized carbons (Fsp3) is 0.130. The number of carbonyl (C=O) groups is 2. The van der Waals surface area contributed by atoms with Gasteiger partial charge in [0.2, 0.25) is 5.78 Å². The smallest absolute Gasteiger partial charge is 0.262 e. The van der Waals surface area contributed by atoms with E-state index in [1.165, 1.54) is 16.9 Å². The lowest BCUT2D eigenvalue weighted by molar-refractivity contribution is -0.118. The van der Waals surface area contributed by atoms with Crippen molar-refractivity contribution in [3.8, 4) is 11.5 Å².